The van der Waals surface area contributed by atoms with Crippen LogP contribution >= 0.6 is 11.6 Å². The number of hydrogen-bond donors (Lipinski definition) is 2. The average Bonchev–Trinajstić information content (AvgIpc) is 2.36. The van der Waals surface area contributed by atoms with Crippen molar-refractivity contribution in [3.63, 3.8) is 0 Å². The zero-order valence-electron chi connectivity index (χ0n) is 11.7. The summed E-state index contributed by atoms with van der Waals surface area (Å²) in [6.45, 7) is 5.98. The van der Waals surface area contributed by atoms with Gasteiger partial charge in [-0.15, -0.1) is 0 Å². The first-order valence-electron chi connectivity index (χ1n) is 6.60. The molecular formula is C15H22ClNO2. The number of nitrogens with one attached hydrogen (secondary N) is 1. The summed E-state index contributed by atoms with van der Waals surface area (Å²) >= 11 is 5.95. The van der Waals surface area contributed by atoms with Crippen LogP contribution in [0.2, 0.25) is 5.02 Å². The smallest absolute Gasteiger partial charge is 0.230 e. The third-order valence-electron chi connectivity index (χ3n) is 3.23. The lowest BCUT2D eigenvalue weighted by Crippen LogP contribution is -2.43. The standard InChI is InChI=1S/C15H22ClNO2/c1-4-6-13(18)10-17-14(19)15(2,3)11-7-5-8-12(16)9-11/h5,7-9,13,18H,4,6,10H2,1-3H3,(H,17,19). The molecule has 0 heterocycles. The molecule has 0 spiro atoms. The Morgan fingerprint density at radius 2 is 2.16 bits per heavy atom. The molecule has 4 heteroatoms. The summed E-state index contributed by atoms with van der Waals surface area (Å²) in [5.41, 5.74) is 0.194. The molecule has 1 atom stereocenters. The van der Waals surface area contributed by atoms with Crippen LogP contribution in [-0.2, 0) is 10.2 Å². The average molecular weight is 284 g/mol. The highest BCUT2D eigenvalue weighted by atomic mass is 35.5. The van der Waals surface area contributed by atoms with Gasteiger partial charge in [-0.3, -0.25) is 4.79 Å². The summed E-state index contributed by atoms with van der Waals surface area (Å²) in [4.78, 5) is 12.2. The third-order valence-corrected chi connectivity index (χ3v) is 3.47. The van der Waals surface area contributed by atoms with Crippen LogP contribution in [0.3, 0.4) is 0 Å². The quantitative estimate of drug-likeness (QED) is 0.843. The van der Waals surface area contributed by atoms with E-state index in [2.05, 4.69) is 5.32 Å². The highest BCUT2D eigenvalue weighted by Gasteiger charge is 2.29. The van der Waals surface area contributed by atoms with E-state index < -0.39 is 11.5 Å². The van der Waals surface area contributed by atoms with E-state index in [9.17, 15) is 9.90 Å². The van der Waals surface area contributed by atoms with E-state index in [4.69, 9.17) is 11.6 Å². The molecule has 0 fully saturated rings. The minimum absolute atomic E-state index is 0.107. The maximum atomic E-state index is 12.2. The van der Waals surface area contributed by atoms with Gasteiger partial charge in [0.1, 0.15) is 0 Å². The molecule has 2 N–H and O–H groups in total. The first kappa shape index (κ1) is 16.0. The number of rotatable bonds is 6. The monoisotopic (exact) mass is 283 g/mol. The van der Waals surface area contributed by atoms with Gasteiger partial charge in [-0.05, 0) is 38.0 Å². The summed E-state index contributed by atoms with van der Waals surface area (Å²) in [6, 6.07) is 7.29. The molecule has 0 saturated heterocycles. The number of halogens is 1. The number of carbonyl (C=O) groups excluding carboxylic acids is 1. The first-order chi connectivity index (χ1) is 8.87. The van der Waals surface area contributed by atoms with Gasteiger partial charge in [0.25, 0.3) is 0 Å². The van der Waals surface area contributed by atoms with Crippen molar-refractivity contribution in [1.82, 2.24) is 5.32 Å². The Bertz CT molecular complexity index is 432. The molecule has 1 aromatic rings. The van der Waals surface area contributed by atoms with Crippen molar-refractivity contribution in [2.45, 2.75) is 45.1 Å². The third kappa shape index (κ3) is 4.51. The van der Waals surface area contributed by atoms with Crippen LogP contribution in [0.15, 0.2) is 24.3 Å². The van der Waals surface area contributed by atoms with E-state index in [1.54, 1.807) is 12.1 Å². The van der Waals surface area contributed by atoms with Gasteiger partial charge in [-0.1, -0.05) is 37.1 Å². The molecule has 0 radical (unpaired) electrons. The van der Waals surface area contributed by atoms with Crippen molar-refractivity contribution in [2.75, 3.05) is 6.54 Å². The fraction of sp³-hybridized carbons (Fsp3) is 0.533. The molecule has 1 unspecified atom stereocenters. The topological polar surface area (TPSA) is 49.3 Å². The van der Waals surface area contributed by atoms with Crippen LogP contribution in [-0.4, -0.2) is 23.7 Å². The number of hydrogen-bond acceptors (Lipinski definition) is 2. The normalized spacial score (nSPS) is 13.1. The lowest BCUT2D eigenvalue weighted by atomic mass is 9.83. The Balaban J connectivity index is 2.69. The zero-order chi connectivity index (χ0) is 14.5. The molecule has 19 heavy (non-hydrogen) atoms. The number of benzene rings is 1. The molecule has 0 aromatic heterocycles. The Kier molecular flexibility index (Phi) is 5.83. The lowest BCUT2D eigenvalue weighted by molar-refractivity contribution is -0.126. The maximum absolute atomic E-state index is 12.2. The fourth-order valence-electron chi connectivity index (χ4n) is 1.88. The van der Waals surface area contributed by atoms with Crippen molar-refractivity contribution < 1.29 is 9.90 Å². The molecule has 0 aliphatic carbocycles. The largest absolute Gasteiger partial charge is 0.391 e. The summed E-state index contributed by atoms with van der Waals surface area (Å²) in [6.07, 6.45) is 1.11. The predicted octanol–water partition coefficient (Wildman–Crippen LogP) is 2.89. The summed E-state index contributed by atoms with van der Waals surface area (Å²) < 4.78 is 0. The Morgan fingerprint density at radius 3 is 2.74 bits per heavy atom. The maximum Gasteiger partial charge on any atom is 0.230 e. The van der Waals surface area contributed by atoms with Crippen molar-refractivity contribution in [1.29, 1.82) is 0 Å². The Hall–Kier alpha value is -1.06. The summed E-state index contributed by atoms with van der Waals surface area (Å²) in [5.74, 6) is -0.107. The fourth-order valence-corrected chi connectivity index (χ4v) is 2.07. The second kappa shape index (κ2) is 6.92. The number of amides is 1. The molecule has 3 nitrogen and oxygen atoms in total. The van der Waals surface area contributed by atoms with Gasteiger partial charge in [0.15, 0.2) is 0 Å². The molecule has 106 valence electrons. The van der Waals surface area contributed by atoms with Crippen LogP contribution in [0.4, 0.5) is 0 Å². The molecular weight excluding hydrogens is 262 g/mol. The Labute approximate surface area is 120 Å². The summed E-state index contributed by atoms with van der Waals surface area (Å²) in [7, 11) is 0. The van der Waals surface area contributed by atoms with Crippen LogP contribution in [0, 0.1) is 0 Å². The highest BCUT2D eigenvalue weighted by molar-refractivity contribution is 6.30. The predicted molar refractivity (Wildman–Crippen MR) is 78.4 cm³/mol. The van der Waals surface area contributed by atoms with Crippen LogP contribution in [0.1, 0.15) is 39.2 Å². The van der Waals surface area contributed by atoms with Gasteiger partial charge >= 0.3 is 0 Å². The SMILES string of the molecule is CCCC(O)CNC(=O)C(C)(C)c1cccc(Cl)c1. The van der Waals surface area contributed by atoms with E-state index in [-0.39, 0.29) is 12.5 Å². The van der Waals surface area contributed by atoms with Crippen molar-refractivity contribution in [3.8, 4) is 0 Å². The molecule has 1 rings (SSSR count). The van der Waals surface area contributed by atoms with Gasteiger partial charge < -0.3 is 10.4 Å². The Morgan fingerprint density at radius 1 is 1.47 bits per heavy atom. The second-order valence-electron chi connectivity index (χ2n) is 5.29. The van der Waals surface area contributed by atoms with Crippen molar-refractivity contribution in [2.24, 2.45) is 0 Å². The molecule has 0 bridgehead atoms. The van der Waals surface area contributed by atoms with Gasteiger partial charge in [0.05, 0.1) is 11.5 Å². The van der Waals surface area contributed by atoms with Crippen LogP contribution < -0.4 is 5.32 Å². The van der Waals surface area contributed by atoms with Gasteiger partial charge in [-0.25, -0.2) is 0 Å². The zero-order valence-corrected chi connectivity index (χ0v) is 12.5. The molecule has 1 amide bonds. The number of aliphatic hydroxyl groups excluding tert-OH is 1. The second-order valence-corrected chi connectivity index (χ2v) is 5.72. The van der Waals surface area contributed by atoms with Crippen molar-refractivity contribution >= 4 is 17.5 Å². The van der Waals surface area contributed by atoms with Crippen molar-refractivity contribution in [3.05, 3.63) is 34.9 Å². The van der Waals surface area contributed by atoms with Gasteiger partial charge in [-0.2, -0.15) is 0 Å². The minimum atomic E-state index is -0.670. The first-order valence-corrected chi connectivity index (χ1v) is 6.98. The molecule has 0 saturated carbocycles. The van der Waals surface area contributed by atoms with Gasteiger partial charge in [0, 0.05) is 11.6 Å². The molecule has 0 aliphatic rings. The lowest BCUT2D eigenvalue weighted by Gasteiger charge is -2.25. The minimum Gasteiger partial charge on any atom is -0.391 e. The van der Waals surface area contributed by atoms with E-state index in [0.29, 0.717) is 11.4 Å². The number of aliphatic hydroxyl groups is 1. The highest BCUT2D eigenvalue weighted by Crippen LogP contribution is 2.25. The molecule has 1 aromatic carbocycles. The van der Waals surface area contributed by atoms with Gasteiger partial charge in [0.2, 0.25) is 5.91 Å². The van der Waals surface area contributed by atoms with E-state index in [1.807, 2.05) is 32.9 Å². The summed E-state index contributed by atoms with van der Waals surface area (Å²) in [5, 5.41) is 13.1. The van der Waals surface area contributed by atoms with E-state index in [0.717, 1.165) is 12.0 Å². The van der Waals surface area contributed by atoms with E-state index in [1.165, 1.54) is 0 Å². The van der Waals surface area contributed by atoms with Crippen LogP contribution in [0.5, 0.6) is 0 Å². The molecule has 0 aliphatic heterocycles. The number of carbonyl (C=O) groups is 1. The van der Waals surface area contributed by atoms with Crippen LogP contribution in [0.25, 0.3) is 0 Å². The van der Waals surface area contributed by atoms with E-state index >= 15 is 0 Å².